The quantitative estimate of drug-likeness (QED) is 0.709. The SMILES string of the molecule is CC1CN(c2cc(Cl)ncn2)CC(C)S1. The van der Waals surface area contributed by atoms with E-state index in [2.05, 4.69) is 28.7 Å². The molecule has 0 aromatic carbocycles. The van der Waals surface area contributed by atoms with E-state index in [1.165, 1.54) is 6.33 Å². The predicted octanol–water partition coefficient (Wildman–Crippen LogP) is 2.46. The Morgan fingerprint density at radius 2 is 2.00 bits per heavy atom. The Bertz CT molecular complexity index is 337. The number of halogens is 1. The molecule has 0 saturated carbocycles. The summed E-state index contributed by atoms with van der Waals surface area (Å²) in [7, 11) is 0. The van der Waals surface area contributed by atoms with Gasteiger partial charge in [-0.1, -0.05) is 25.4 Å². The molecule has 2 unspecified atom stereocenters. The summed E-state index contributed by atoms with van der Waals surface area (Å²) in [5.74, 6) is 0.939. The Morgan fingerprint density at radius 3 is 2.60 bits per heavy atom. The Balaban J connectivity index is 2.16. The molecule has 0 bridgehead atoms. The average molecular weight is 244 g/mol. The first kappa shape index (κ1) is 11.0. The number of hydrogen-bond acceptors (Lipinski definition) is 4. The van der Waals surface area contributed by atoms with Crippen LogP contribution in [0.4, 0.5) is 5.82 Å². The first-order valence-corrected chi connectivity index (χ1v) is 6.35. The van der Waals surface area contributed by atoms with Crippen molar-refractivity contribution in [2.75, 3.05) is 18.0 Å². The van der Waals surface area contributed by atoms with Gasteiger partial charge in [0, 0.05) is 29.7 Å². The third kappa shape index (κ3) is 2.75. The van der Waals surface area contributed by atoms with Gasteiger partial charge in [-0.3, -0.25) is 0 Å². The first-order chi connectivity index (χ1) is 7.15. The van der Waals surface area contributed by atoms with Crippen LogP contribution in [-0.4, -0.2) is 33.6 Å². The topological polar surface area (TPSA) is 29.0 Å². The lowest BCUT2D eigenvalue weighted by Gasteiger charge is -2.35. The van der Waals surface area contributed by atoms with Gasteiger partial charge in [-0.25, -0.2) is 9.97 Å². The molecular formula is C10H14ClN3S. The lowest BCUT2D eigenvalue weighted by Crippen LogP contribution is -2.40. The van der Waals surface area contributed by atoms with Gasteiger partial charge in [0.15, 0.2) is 0 Å². The molecule has 2 rings (SSSR count). The molecule has 2 heterocycles. The van der Waals surface area contributed by atoms with Crippen LogP contribution in [0.2, 0.25) is 5.15 Å². The number of aromatic nitrogens is 2. The van der Waals surface area contributed by atoms with E-state index in [9.17, 15) is 0 Å². The molecule has 15 heavy (non-hydrogen) atoms. The molecule has 0 aliphatic carbocycles. The summed E-state index contributed by atoms with van der Waals surface area (Å²) in [6.07, 6.45) is 1.52. The van der Waals surface area contributed by atoms with E-state index in [0.717, 1.165) is 18.9 Å². The van der Waals surface area contributed by atoms with Crippen LogP contribution in [0.3, 0.4) is 0 Å². The molecule has 1 saturated heterocycles. The second-order valence-electron chi connectivity index (χ2n) is 3.86. The summed E-state index contributed by atoms with van der Waals surface area (Å²) in [5.41, 5.74) is 0. The lowest BCUT2D eigenvalue weighted by atomic mass is 10.3. The Morgan fingerprint density at radius 1 is 1.33 bits per heavy atom. The molecule has 1 aromatic rings. The monoisotopic (exact) mass is 243 g/mol. The summed E-state index contributed by atoms with van der Waals surface area (Å²) in [4.78, 5) is 10.4. The van der Waals surface area contributed by atoms with Gasteiger partial charge in [0.05, 0.1) is 0 Å². The molecule has 2 atom stereocenters. The number of hydrogen-bond donors (Lipinski definition) is 0. The fourth-order valence-electron chi connectivity index (χ4n) is 1.86. The fourth-order valence-corrected chi connectivity index (χ4v) is 3.33. The van der Waals surface area contributed by atoms with Crippen molar-refractivity contribution >= 4 is 29.2 Å². The van der Waals surface area contributed by atoms with Crippen molar-refractivity contribution in [3.8, 4) is 0 Å². The molecular weight excluding hydrogens is 230 g/mol. The molecule has 0 radical (unpaired) electrons. The van der Waals surface area contributed by atoms with E-state index in [1.807, 2.05) is 17.8 Å². The molecule has 0 amide bonds. The van der Waals surface area contributed by atoms with E-state index >= 15 is 0 Å². The van der Waals surface area contributed by atoms with Crippen LogP contribution in [0, 0.1) is 0 Å². The predicted molar refractivity (Wildman–Crippen MR) is 65.8 cm³/mol. The van der Waals surface area contributed by atoms with Gasteiger partial charge >= 0.3 is 0 Å². The van der Waals surface area contributed by atoms with Crippen LogP contribution in [0.1, 0.15) is 13.8 Å². The Kier molecular flexibility index (Phi) is 3.36. The van der Waals surface area contributed by atoms with Crippen molar-refractivity contribution in [1.29, 1.82) is 0 Å². The van der Waals surface area contributed by atoms with Crippen LogP contribution in [0.5, 0.6) is 0 Å². The summed E-state index contributed by atoms with van der Waals surface area (Å²) in [6.45, 7) is 6.55. The van der Waals surface area contributed by atoms with Crippen LogP contribution < -0.4 is 4.90 Å². The third-order valence-electron chi connectivity index (χ3n) is 2.36. The van der Waals surface area contributed by atoms with Crippen LogP contribution in [0.15, 0.2) is 12.4 Å². The molecule has 1 aromatic heterocycles. The lowest BCUT2D eigenvalue weighted by molar-refractivity contribution is 0.717. The number of anilines is 1. The van der Waals surface area contributed by atoms with Crippen molar-refractivity contribution in [2.45, 2.75) is 24.3 Å². The first-order valence-electron chi connectivity index (χ1n) is 5.03. The number of thioether (sulfide) groups is 1. The number of rotatable bonds is 1. The Hall–Kier alpha value is -0.480. The minimum absolute atomic E-state index is 0.513. The van der Waals surface area contributed by atoms with Gasteiger partial charge in [0.25, 0.3) is 0 Å². The third-order valence-corrected chi connectivity index (χ3v) is 3.80. The van der Waals surface area contributed by atoms with Crippen molar-refractivity contribution in [2.24, 2.45) is 0 Å². The molecule has 1 aliphatic rings. The zero-order valence-corrected chi connectivity index (χ0v) is 10.4. The van der Waals surface area contributed by atoms with E-state index in [1.54, 1.807) is 0 Å². The highest BCUT2D eigenvalue weighted by atomic mass is 35.5. The highest BCUT2D eigenvalue weighted by molar-refractivity contribution is 8.00. The van der Waals surface area contributed by atoms with Gasteiger partial charge in [-0.15, -0.1) is 0 Å². The molecule has 1 aliphatic heterocycles. The van der Waals surface area contributed by atoms with Crippen LogP contribution >= 0.6 is 23.4 Å². The van der Waals surface area contributed by atoms with E-state index in [0.29, 0.717) is 15.7 Å². The normalized spacial score (nSPS) is 26.7. The van der Waals surface area contributed by atoms with Crippen molar-refractivity contribution in [3.05, 3.63) is 17.5 Å². The highest BCUT2D eigenvalue weighted by Gasteiger charge is 2.23. The average Bonchev–Trinajstić information content (AvgIpc) is 2.16. The molecule has 5 heteroatoms. The molecule has 0 spiro atoms. The van der Waals surface area contributed by atoms with Crippen molar-refractivity contribution < 1.29 is 0 Å². The minimum atomic E-state index is 0.513. The molecule has 3 nitrogen and oxygen atoms in total. The minimum Gasteiger partial charge on any atom is -0.354 e. The standard InChI is InChI=1S/C10H14ClN3S/c1-7-4-14(5-8(2)15-7)10-3-9(11)12-6-13-10/h3,6-8H,4-5H2,1-2H3. The summed E-state index contributed by atoms with van der Waals surface area (Å²) >= 11 is 7.88. The van der Waals surface area contributed by atoms with E-state index < -0.39 is 0 Å². The zero-order valence-electron chi connectivity index (χ0n) is 8.85. The number of nitrogens with zero attached hydrogens (tertiary/aromatic N) is 3. The smallest absolute Gasteiger partial charge is 0.134 e. The Labute approximate surface area is 99.2 Å². The van der Waals surface area contributed by atoms with Gasteiger partial charge < -0.3 is 4.90 Å². The highest BCUT2D eigenvalue weighted by Crippen LogP contribution is 2.27. The molecule has 1 fully saturated rings. The fraction of sp³-hybridized carbons (Fsp3) is 0.600. The van der Waals surface area contributed by atoms with E-state index in [4.69, 9.17) is 11.6 Å². The van der Waals surface area contributed by atoms with Gasteiger partial charge in [0.1, 0.15) is 17.3 Å². The largest absolute Gasteiger partial charge is 0.354 e. The van der Waals surface area contributed by atoms with Gasteiger partial charge in [0.2, 0.25) is 0 Å². The van der Waals surface area contributed by atoms with Crippen molar-refractivity contribution in [3.63, 3.8) is 0 Å². The van der Waals surface area contributed by atoms with Gasteiger partial charge in [-0.2, -0.15) is 11.8 Å². The maximum absolute atomic E-state index is 5.85. The van der Waals surface area contributed by atoms with Crippen molar-refractivity contribution in [1.82, 2.24) is 9.97 Å². The zero-order chi connectivity index (χ0) is 10.8. The second-order valence-corrected chi connectivity index (χ2v) is 6.13. The maximum Gasteiger partial charge on any atom is 0.134 e. The van der Waals surface area contributed by atoms with Crippen LogP contribution in [0.25, 0.3) is 0 Å². The molecule has 0 N–H and O–H groups in total. The van der Waals surface area contributed by atoms with E-state index in [-0.39, 0.29) is 0 Å². The molecule has 82 valence electrons. The maximum atomic E-state index is 5.85. The second kappa shape index (κ2) is 4.58. The summed E-state index contributed by atoms with van der Waals surface area (Å²) < 4.78 is 0. The summed E-state index contributed by atoms with van der Waals surface area (Å²) in [6, 6.07) is 1.83. The summed E-state index contributed by atoms with van der Waals surface area (Å²) in [5, 5.41) is 1.79. The van der Waals surface area contributed by atoms with Crippen LogP contribution in [-0.2, 0) is 0 Å². The van der Waals surface area contributed by atoms with Gasteiger partial charge in [-0.05, 0) is 0 Å².